The first kappa shape index (κ1) is 27.5. The number of carbonyl (C=O) groups excluding carboxylic acids is 2. The topological polar surface area (TPSA) is 130 Å². The summed E-state index contributed by atoms with van der Waals surface area (Å²) in [5, 5.41) is 17.4. The minimum atomic E-state index is -0.661. The number of amides is 2. The number of fused-ring (bicyclic) bond motifs is 1. The SMILES string of the molecule is CSc1ccc2c(c1)C[C@@H](NC(=O)CC(C)(C)N)C(=O)N(Cc1ccc(-c3ccccc3-c3nn[nH]n3)cc1)C2. The molecule has 4 N–H and O–H groups in total. The summed E-state index contributed by atoms with van der Waals surface area (Å²) in [6.07, 6.45) is 2.62. The molecular weight excluding hydrogens is 522 g/mol. The van der Waals surface area contributed by atoms with Crippen molar-refractivity contribution < 1.29 is 9.59 Å². The van der Waals surface area contributed by atoms with Gasteiger partial charge < -0.3 is 16.0 Å². The fourth-order valence-corrected chi connectivity index (χ4v) is 5.47. The highest BCUT2D eigenvalue weighted by molar-refractivity contribution is 7.98. The predicted molar refractivity (Wildman–Crippen MR) is 156 cm³/mol. The van der Waals surface area contributed by atoms with Crippen molar-refractivity contribution in [3.05, 3.63) is 83.4 Å². The van der Waals surface area contributed by atoms with Crippen LogP contribution in [0.4, 0.5) is 0 Å². The van der Waals surface area contributed by atoms with E-state index >= 15 is 0 Å². The van der Waals surface area contributed by atoms with Gasteiger partial charge in [0.1, 0.15) is 6.04 Å². The zero-order chi connectivity index (χ0) is 28.3. The van der Waals surface area contributed by atoms with Crippen LogP contribution in [0.15, 0.2) is 71.6 Å². The second kappa shape index (κ2) is 11.6. The van der Waals surface area contributed by atoms with Crippen LogP contribution in [0.3, 0.4) is 0 Å². The number of aromatic nitrogens is 4. The first-order valence-electron chi connectivity index (χ1n) is 13.1. The van der Waals surface area contributed by atoms with Crippen LogP contribution in [-0.4, -0.2) is 55.2 Å². The Morgan fingerprint density at radius 2 is 1.85 bits per heavy atom. The number of nitrogens with two attached hydrogens (primary N) is 1. The average Bonchev–Trinajstić information content (AvgIpc) is 3.43. The van der Waals surface area contributed by atoms with E-state index in [1.54, 1.807) is 25.6 Å². The number of benzene rings is 3. The maximum absolute atomic E-state index is 13.8. The lowest BCUT2D eigenvalue weighted by Crippen LogP contribution is -2.50. The van der Waals surface area contributed by atoms with Crippen molar-refractivity contribution in [2.45, 2.75) is 56.3 Å². The molecule has 40 heavy (non-hydrogen) atoms. The Balaban J connectivity index is 1.40. The van der Waals surface area contributed by atoms with Crippen molar-refractivity contribution in [3.63, 3.8) is 0 Å². The number of thioether (sulfide) groups is 1. The summed E-state index contributed by atoms with van der Waals surface area (Å²) in [6.45, 7) is 4.50. The molecule has 0 radical (unpaired) electrons. The first-order valence-corrected chi connectivity index (χ1v) is 14.4. The van der Waals surface area contributed by atoms with E-state index in [1.165, 1.54) is 0 Å². The highest BCUT2D eigenvalue weighted by Crippen LogP contribution is 2.31. The van der Waals surface area contributed by atoms with Crippen molar-refractivity contribution in [3.8, 4) is 22.5 Å². The van der Waals surface area contributed by atoms with E-state index in [1.807, 2.05) is 59.7 Å². The number of hydrogen-bond acceptors (Lipinski definition) is 7. The summed E-state index contributed by atoms with van der Waals surface area (Å²) in [5.41, 5.74) is 11.5. The molecule has 2 amide bonds. The third-order valence-electron chi connectivity index (χ3n) is 6.91. The highest BCUT2D eigenvalue weighted by atomic mass is 32.2. The molecule has 1 atom stereocenters. The van der Waals surface area contributed by atoms with Gasteiger partial charge in [-0.15, -0.1) is 22.0 Å². The van der Waals surface area contributed by atoms with Gasteiger partial charge in [-0.05, 0) is 65.3 Å². The molecule has 0 unspecified atom stereocenters. The quantitative estimate of drug-likeness (QED) is 0.281. The van der Waals surface area contributed by atoms with Crippen LogP contribution in [0.1, 0.15) is 37.0 Å². The third kappa shape index (κ3) is 6.40. The van der Waals surface area contributed by atoms with Gasteiger partial charge in [0.25, 0.3) is 0 Å². The standard InChI is InChI=1S/C30H33N7O2S/c1-30(2,31)16-27(38)32-26-15-22-14-23(40-3)13-12-21(22)18-37(29(26)39)17-19-8-10-20(11-9-19)24-6-4-5-7-25(24)28-33-35-36-34-28/h4-14,26H,15-18,31H2,1-3H3,(H,32,38)(H,33,34,35,36)/t26-/m1/s1. The molecule has 0 aliphatic carbocycles. The Morgan fingerprint density at radius 1 is 1.10 bits per heavy atom. The molecule has 1 aliphatic rings. The smallest absolute Gasteiger partial charge is 0.246 e. The number of aromatic amines is 1. The zero-order valence-corrected chi connectivity index (χ0v) is 23.7. The lowest BCUT2D eigenvalue weighted by atomic mass is 9.98. The molecule has 3 aromatic carbocycles. The van der Waals surface area contributed by atoms with Gasteiger partial charge in [-0.1, -0.05) is 54.6 Å². The fourth-order valence-electron chi connectivity index (χ4n) is 5.01. The van der Waals surface area contributed by atoms with Crippen LogP contribution in [0.25, 0.3) is 22.5 Å². The van der Waals surface area contributed by atoms with Crippen LogP contribution < -0.4 is 11.1 Å². The van der Waals surface area contributed by atoms with Crippen molar-refractivity contribution in [2.75, 3.05) is 6.26 Å². The Morgan fingerprint density at radius 3 is 2.52 bits per heavy atom. The van der Waals surface area contributed by atoms with E-state index in [-0.39, 0.29) is 18.2 Å². The molecule has 206 valence electrons. The molecular formula is C30H33N7O2S. The Kier molecular flexibility index (Phi) is 7.99. The van der Waals surface area contributed by atoms with E-state index < -0.39 is 11.6 Å². The van der Waals surface area contributed by atoms with Gasteiger partial charge in [-0.25, -0.2) is 0 Å². The monoisotopic (exact) mass is 555 g/mol. The van der Waals surface area contributed by atoms with Crippen LogP contribution in [0.2, 0.25) is 0 Å². The van der Waals surface area contributed by atoms with E-state index in [2.05, 4.69) is 44.1 Å². The largest absolute Gasteiger partial charge is 0.344 e. The molecule has 0 saturated heterocycles. The fraction of sp³-hybridized carbons (Fsp3) is 0.300. The highest BCUT2D eigenvalue weighted by Gasteiger charge is 2.32. The van der Waals surface area contributed by atoms with Crippen molar-refractivity contribution in [1.29, 1.82) is 0 Å². The van der Waals surface area contributed by atoms with Gasteiger partial charge in [0.05, 0.1) is 0 Å². The van der Waals surface area contributed by atoms with Gasteiger partial charge in [-0.3, -0.25) is 9.59 Å². The Hall–Kier alpha value is -4.02. The molecule has 0 fully saturated rings. The summed E-state index contributed by atoms with van der Waals surface area (Å²) >= 11 is 1.66. The lowest BCUT2D eigenvalue weighted by molar-refractivity contribution is -0.137. The molecule has 2 heterocycles. The van der Waals surface area contributed by atoms with Gasteiger partial charge in [0.15, 0.2) is 0 Å². The van der Waals surface area contributed by atoms with Crippen LogP contribution in [0, 0.1) is 0 Å². The predicted octanol–water partition coefficient (Wildman–Crippen LogP) is 3.95. The maximum Gasteiger partial charge on any atom is 0.246 e. The van der Waals surface area contributed by atoms with Gasteiger partial charge in [-0.2, -0.15) is 5.21 Å². The summed E-state index contributed by atoms with van der Waals surface area (Å²) < 4.78 is 0. The van der Waals surface area contributed by atoms with Crippen molar-refractivity contribution in [2.24, 2.45) is 5.73 Å². The first-order chi connectivity index (χ1) is 19.2. The van der Waals surface area contributed by atoms with Crippen molar-refractivity contribution >= 4 is 23.6 Å². The molecule has 4 aromatic rings. The Labute approximate surface area is 237 Å². The molecule has 0 saturated carbocycles. The minimum Gasteiger partial charge on any atom is -0.344 e. The molecule has 9 nitrogen and oxygen atoms in total. The number of tetrazole rings is 1. The number of carbonyl (C=O) groups is 2. The number of H-pyrrole nitrogens is 1. The van der Waals surface area contributed by atoms with Crippen LogP contribution >= 0.6 is 11.8 Å². The van der Waals surface area contributed by atoms with Gasteiger partial charge in [0, 0.05) is 41.9 Å². The molecule has 0 bridgehead atoms. The molecule has 0 spiro atoms. The zero-order valence-electron chi connectivity index (χ0n) is 22.8. The number of nitrogens with one attached hydrogen (secondary N) is 2. The number of hydrogen-bond donors (Lipinski definition) is 3. The summed E-state index contributed by atoms with van der Waals surface area (Å²) in [6, 6.07) is 21.7. The number of nitrogens with zero attached hydrogens (tertiary/aromatic N) is 4. The summed E-state index contributed by atoms with van der Waals surface area (Å²) in [5.74, 6) is 0.209. The van der Waals surface area contributed by atoms with Gasteiger partial charge >= 0.3 is 0 Å². The normalized spacial score (nSPS) is 15.4. The molecule has 1 aromatic heterocycles. The molecule has 5 rings (SSSR count). The molecule has 10 heteroatoms. The van der Waals surface area contributed by atoms with Gasteiger partial charge in [0.2, 0.25) is 17.6 Å². The summed E-state index contributed by atoms with van der Waals surface area (Å²) in [4.78, 5) is 29.5. The van der Waals surface area contributed by atoms with E-state index in [9.17, 15) is 9.59 Å². The van der Waals surface area contributed by atoms with Crippen LogP contribution in [0.5, 0.6) is 0 Å². The van der Waals surface area contributed by atoms with Crippen LogP contribution in [-0.2, 0) is 29.1 Å². The van der Waals surface area contributed by atoms with E-state index in [0.29, 0.717) is 25.3 Å². The third-order valence-corrected chi connectivity index (χ3v) is 7.64. The Bertz CT molecular complexity index is 1500. The molecule has 1 aliphatic heterocycles. The lowest BCUT2D eigenvalue weighted by Gasteiger charge is -2.26. The number of rotatable bonds is 8. The van der Waals surface area contributed by atoms with Crippen molar-refractivity contribution in [1.82, 2.24) is 30.8 Å². The maximum atomic E-state index is 13.8. The summed E-state index contributed by atoms with van der Waals surface area (Å²) in [7, 11) is 0. The average molecular weight is 556 g/mol. The second-order valence-corrected chi connectivity index (χ2v) is 11.7. The second-order valence-electron chi connectivity index (χ2n) is 10.8. The minimum absolute atomic E-state index is 0.100. The van der Waals surface area contributed by atoms with E-state index in [0.717, 1.165) is 38.3 Å². The van der Waals surface area contributed by atoms with E-state index in [4.69, 9.17) is 5.73 Å².